The van der Waals surface area contributed by atoms with Crippen LogP contribution in [0.5, 0.6) is 0 Å². The van der Waals surface area contributed by atoms with Crippen molar-refractivity contribution >= 4 is 11.8 Å². The van der Waals surface area contributed by atoms with Gasteiger partial charge in [-0.05, 0) is 17.5 Å². The molecule has 2 amide bonds. The topological polar surface area (TPSA) is 98.4 Å². The molecule has 1 aromatic carbocycles. The standard InChI is InChI=1S/C26H27F7N6O2/c27-15-8-19(39(12-15)20(40)9-18-22(26(31,32)33)37-38-36-18)24(41)35-21(13-4-2-1-3-5-13)17-7-6-16(23(28)34-17)14-10-25(29,30)11-14/h1-7,14-15,18-19,21-22,36-38H,8-12H2,(H,35,41)/t15-,18?,19+,21+,22?/m1/s1. The fourth-order valence-electron chi connectivity index (χ4n) is 5.51. The zero-order valence-electron chi connectivity index (χ0n) is 21.4. The number of rotatable bonds is 7. The summed E-state index contributed by atoms with van der Waals surface area (Å²) in [5.74, 6) is -6.16. The third kappa shape index (κ3) is 6.31. The van der Waals surface area contributed by atoms with Gasteiger partial charge in [0.25, 0.3) is 0 Å². The maximum atomic E-state index is 14.9. The molecule has 41 heavy (non-hydrogen) atoms. The summed E-state index contributed by atoms with van der Waals surface area (Å²) in [6.07, 6.45) is -8.31. The molecule has 2 saturated heterocycles. The summed E-state index contributed by atoms with van der Waals surface area (Å²) < 4.78 is 95.9. The Morgan fingerprint density at radius 1 is 1.10 bits per heavy atom. The molecule has 0 radical (unpaired) electrons. The quantitative estimate of drug-likeness (QED) is 0.293. The van der Waals surface area contributed by atoms with E-state index in [4.69, 9.17) is 0 Å². The number of carbonyl (C=O) groups excluding carboxylic acids is 2. The number of likely N-dealkylation sites (tertiary alicyclic amines) is 1. The zero-order valence-corrected chi connectivity index (χ0v) is 21.4. The molecular weight excluding hydrogens is 561 g/mol. The predicted molar refractivity (Wildman–Crippen MR) is 130 cm³/mol. The van der Waals surface area contributed by atoms with Gasteiger partial charge in [0.15, 0.2) is 0 Å². The summed E-state index contributed by atoms with van der Waals surface area (Å²) in [5.41, 5.74) is 7.00. The van der Waals surface area contributed by atoms with Crippen molar-refractivity contribution in [3.63, 3.8) is 0 Å². The lowest BCUT2D eigenvalue weighted by molar-refractivity contribution is -0.158. The van der Waals surface area contributed by atoms with E-state index in [1.807, 2.05) is 5.43 Å². The Morgan fingerprint density at radius 2 is 1.80 bits per heavy atom. The van der Waals surface area contributed by atoms with Crippen molar-refractivity contribution in [3.8, 4) is 0 Å². The lowest BCUT2D eigenvalue weighted by atomic mass is 9.77. The third-order valence-electron chi connectivity index (χ3n) is 7.65. The fourth-order valence-corrected chi connectivity index (χ4v) is 5.51. The van der Waals surface area contributed by atoms with Crippen LogP contribution in [0.15, 0.2) is 42.5 Å². The summed E-state index contributed by atoms with van der Waals surface area (Å²) in [4.78, 5) is 31.2. The highest BCUT2D eigenvalue weighted by molar-refractivity contribution is 5.89. The molecular formula is C26H27F7N6O2. The van der Waals surface area contributed by atoms with Crippen LogP contribution in [0.3, 0.4) is 0 Å². The van der Waals surface area contributed by atoms with Gasteiger partial charge in [0.2, 0.25) is 23.7 Å². The number of carbonyl (C=O) groups is 2. The summed E-state index contributed by atoms with van der Waals surface area (Å²) in [6.45, 7) is -0.481. The number of nitrogens with one attached hydrogen (secondary N) is 4. The van der Waals surface area contributed by atoms with Crippen molar-refractivity contribution < 1.29 is 40.3 Å². The SMILES string of the molecule is O=C(N[C@@H](c1ccccc1)c1ccc(C2CC(F)(F)C2)c(F)n1)[C@@H]1C[C@@H](F)CN1C(=O)CC1NNNC1C(F)(F)F. The van der Waals surface area contributed by atoms with Crippen molar-refractivity contribution in [1.82, 2.24) is 31.6 Å². The average molecular weight is 589 g/mol. The van der Waals surface area contributed by atoms with Gasteiger partial charge in [-0.2, -0.15) is 23.1 Å². The first kappa shape index (κ1) is 29.2. The van der Waals surface area contributed by atoms with E-state index in [2.05, 4.69) is 21.3 Å². The first-order valence-electron chi connectivity index (χ1n) is 13.0. The van der Waals surface area contributed by atoms with Gasteiger partial charge < -0.3 is 10.2 Å². The van der Waals surface area contributed by atoms with Gasteiger partial charge in [-0.1, -0.05) is 36.4 Å². The minimum atomic E-state index is -4.67. The van der Waals surface area contributed by atoms with Crippen LogP contribution in [0.2, 0.25) is 0 Å². The summed E-state index contributed by atoms with van der Waals surface area (Å²) in [7, 11) is 0. The van der Waals surface area contributed by atoms with Crippen LogP contribution in [-0.4, -0.2) is 64.6 Å². The highest BCUT2D eigenvalue weighted by atomic mass is 19.4. The molecule has 1 aliphatic carbocycles. The van der Waals surface area contributed by atoms with E-state index < -0.39 is 91.9 Å². The van der Waals surface area contributed by atoms with Crippen LogP contribution in [-0.2, 0) is 9.59 Å². The first-order chi connectivity index (χ1) is 19.3. The Labute approximate surface area is 230 Å². The van der Waals surface area contributed by atoms with E-state index in [1.54, 1.807) is 30.3 Å². The highest BCUT2D eigenvalue weighted by Crippen LogP contribution is 2.48. The van der Waals surface area contributed by atoms with Crippen LogP contribution in [0.25, 0.3) is 0 Å². The van der Waals surface area contributed by atoms with Crippen LogP contribution in [0, 0.1) is 5.95 Å². The minimum absolute atomic E-state index is 0.0345. The summed E-state index contributed by atoms with van der Waals surface area (Å²) in [5, 5.41) is 2.67. The molecule has 5 rings (SSSR count). The molecule has 1 saturated carbocycles. The van der Waals surface area contributed by atoms with Crippen LogP contribution < -0.4 is 21.7 Å². The van der Waals surface area contributed by atoms with E-state index in [1.165, 1.54) is 12.1 Å². The zero-order chi connectivity index (χ0) is 29.5. The van der Waals surface area contributed by atoms with E-state index in [0.717, 1.165) is 4.90 Å². The van der Waals surface area contributed by atoms with Gasteiger partial charge >= 0.3 is 6.18 Å². The highest BCUT2D eigenvalue weighted by Gasteiger charge is 2.50. The summed E-state index contributed by atoms with van der Waals surface area (Å²) >= 11 is 0. The number of nitrogens with zero attached hydrogens (tertiary/aromatic N) is 2. The van der Waals surface area contributed by atoms with Crippen molar-refractivity contribution in [2.24, 2.45) is 0 Å². The van der Waals surface area contributed by atoms with E-state index in [0.29, 0.717) is 5.56 Å². The monoisotopic (exact) mass is 588 g/mol. The van der Waals surface area contributed by atoms with Crippen LogP contribution >= 0.6 is 0 Å². The van der Waals surface area contributed by atoms with Crippen molar-refractivity contribution in [2.45, 2.75) is 74.0 Å². The van der Waals surface area contributed by atoms with Crippen molar-refractivity contribution in [2.75, 3.05) is 6.54 Å². The lowest BCUT2D eigenvalue weighted by Crippen LogP contribution is -2.51. The number of aromatic nitrogens is 1. The molecule has 15 heteroatoms. The van der Waals surface area contributed by atoms with E-state index in [9.17, 15) is 40.3 Å². The number of amides is 2. The summed E-state index contributed by atoms with van der Waals surface area (Å²) in [6, 6.07) is 5.16. The molecule has 222 valence electrons. The molecule has 5 atom stereocenters. The molecule has 0 spiro atoms. The average Bonchev–Trinajstić information content (AvgIpc) is 3.53. The maximum absolute atomic E-state index is 14.9. The van der Waals surface area contributed by atoms with Crippen LogP contribution in [0.4, 0.5) is 30.7 Å². The van der Waals surface area contributed by atoms with Gasteiger partial charge in [0.05, 0.1) is 24.3 Å². The number of alkyl halides is 6. The molecule has 2 aromatic rings. The van der Waals surface area contributed by atoms with Gasteiger partial charge in [-0.15, -0.1) is 0 Å². The second-order valence-electron chi connectivity index (χ2n) is 10.6. The number of hydrogen-bond donors (Lipinski definition) is 4. The predicted octanol–water partition coefficient (Wildman–Crippen LogP) is 3.18. The Kier molecular flexibility index (Phi) is 7.96. The number of hydrazine groups is 2. The Morgan fingerprint density at radius 3 is 2.44 bits per heavy atom. The normalized spacial score (nSPS) is 27.0. The maximum Gasteiger partial charge on any atom is 0.406 e. The Bertz CT molecular complexity index is 1270. The second kappa shape index (κ2) is 11.2. The Balaban J connectivity index is 1.34. The fraction of sp³-hybridized carbons (Fsp3) is 0.500. The number of hydrogen-bond acceptors (Lipinski definition) is 6. The van der Waals surface area contributed by atoms with Crippen molar-refractivity contribution in [1.29, 1.82) is 0 Å². The molecule has 0 bridgehead atoms. The first-order valence-corrected chi connectivity index (χ1v) is 13.0. The molecule has 3 heterocycles. The Hall–Kier alpha value is -3.30. The van der Waals surface area contributed by atoms with Crippen molar-refractivity contribution in [3.05, 3.63) is 65.2 Å². The third-order valence-corrected chi connectivity index (χ3v) is 7.65. The molecule has 3 fully saturated rings. The largest absolute Gasteiger partial charge is 0.406 e. The minimum Gasteiger partial charge on any atom is -0.342 e. The van der Waals surface area contributed by atoms with Crippen LogP contribution in [0.1, 0.15) is 54.5 Å². The van der Waals surface area contributed by atoms with E-state index >= 15 is 0 Å². The molecule has 8 nitrogen and oxygen atoms in total. The number of benzene rings is 1. The van der Waals surface area contributed by atoms with Gasteiger partial charge in [0, 0.05) is 31.2 Å². The molecule has 3 aliphatic rings. The number of halogens is 7. The molecule has 4 N–H and O–H groups in total. The van der Waals surface area contributed by atoms with Gasteiger partial charge in [-0.3, -0.25) is 9.59 Å². The molecule has 2 unspecified atom stereocenters. The molecule has 2 aliphatic heterocycles. The lowest BCUT2D eigenvalue weighted by Gasteiger charge is -2.35. The van der Waals surface area contributed by atoms with E-state index in [-0.39, 0.29) is 17.7 Å². The van der Waals surface area contributed by atoms with Gasteiger partial charge in [-0.25, -0.2) is 29.0 Å². The second-order valence-corrected chi connectivity index (χ2v) is 10.6. The molecule has 1 aromatic heterocycles. The van der Waals surface area contributed by atoms with Gasteiger partial charge in [0.1, 0.15) is 18.3 Å². The number of pyridine rings is 1. The smallest absolute Gasteiger partial charge is 0.342 e.